The van der Waals surface area contributed by atoms with Gasteiger partial charge in [0.2, 0.25) is 0 Å². The van der Waals surface area contributed by atoms with Crippen LogP contribution in [0.25, 0.3) is 47.9 Å². The van der Waals surface area contributed by atoms with Crippen LogP contribution in [-0.2, 0) is 47.7 Å². The first kappa shape index (κ1) is 73.6. The van der Waals surface area contributed by atoms with Gasteiger partial charge in [0.15, 0.2) is 17.1 Å². The molecule has 0 saturated carbocycles. The summed E-state index contributed by atoms with van der Waals surface area (Å²) in [4.78, 5) is 80.5. The summed E-state index contributed by atoms with van der Waals surface area (Å²) in [6.45, 7) is 33.5. The van der Waals surface area contributed by atoms with Crippen LogP contribution >= 0.6 is 0 Å². The molecule has 16 nitrogen and oxygen atoms in total. The molecule has 0 spiro atoms. The fourth-order valence-electron chi connectivity index (χ4n) is 10.6. The number of nitrogens with zero attached hydrogens (tertiary/aromatic N) is 3. The van der Waals surface area contributed by atoms with Gasteiger partial charge in [0, 0.05) is 0 Å². The minimum absolute atomic E-state index is 0.0165. The van der Waals surface area contributed by atoms with Gasteiger partial charge < -0.3 is 37.9 Å². The van der Waals surface area contributed by atoms with Crippen molar-refractivity contribution in [2.24, 2.45) is 29.6 Å². The van der Waals surface area contributed by atoms with Gasteiger partial charge in [-0.3, -0.25) is 24.0 Å². The summed E-state index contributed by atoms with van der Waals surface area (Å²) in [6.07, 6.45) is 7.41. The van der Waals surface area contributed by atoms with Crippen LogP contribution in [0.15, 0.2) is 146 Å². The van der Waals surface area contributed by atoms with Crippen LogP contribution in [0.1, 0.15) is 138 Å². The molecule has 6 aromatic rings. The van der Waals surface area contributed by atoms with Crippen LogP contribution in [0.4, 0.5) is 17.1 Å². The highest BCUT2D eigenvalue weighted by Crippen LogP contribution is 2.34. The number of ether oxygens (including phenoxy) is 8. The zero-order valence-corrected chi connectivity index (χ0v) is 55.4. The summed E-state index contributed by atoms with van der Waals surface area (Å²) in [7, 11) is 0. The molecule has 0 aliphatic rings. The Kier molecular flexibility index (Phi) is 31.7. The predicted octanol–water partition coefficient (Wildman–Crippen LogP) is 18.4. The first-order valence-electron chi connectivity index (χ1n) is 33.1. The van der Waals surface area contributed by atoms with E-state index in [4.69, 9.17) is 57.6 Å². The molecular weight excluding hydrogens is 1190 g/mol. The largest absolute Gasteiger partial charge is 0.494 e. The highest BCUT2D eigenvalue weighted by molar-refractivity contribution is 5.83. The van der Waals surface area contributed by atoms with Gasteiger partial charge in [-0.1, -0.05) is 123 Å². The average Bonchev–Trinajstić information content (AvgIpc) is 1.21. The summed E-state index contributed by atoms with van der Waals surface area (Å²) >= 11 is 0. The Labute approximate surface area is 556 Å². The second kappa shape index (κ2) is 40.5. The average molecular weight is 1280 g/mol. The van der Waals surface area contributed by atoms with Gasteiger partial charge in [-0.05, 0) is 194 Å². The highest BCUT2D eigenvalue weighted by atomic mass is 16.6. The van der Waals surface area contributed by atoms with E-state index in [2.05, 4.69) is 14.5 Å². The Hall–Kier alpha value is -9.46. The number of benzene rings is 6. The van der Waals surface area contributed by atoms with Gasteiger partial charge >= 0.3 is 29.8 Å². The van der Waals surface area contributed by atoms with Gasteiger partial charge in [-0.25, -0.2) is 14.5 Å². The van der Waals surface area contributed by atoms with Crippen LogP contribution in [0.5, 0.6) is 17.2 Å². The maximum absolute atomic E-state index is 14.5. The normalized spacial score (nSPS) is 12.6. The van der Waals surface area contributed by atoms with Crippen molar-refractivity contribution in [3.63, 3.8) is 0 Å². The minimum atomic E-state index is -1.14. The number of hydrogen-bond donors (Lipinski definition) is 0. The molecule has 0 heterocycles. The zero-order valence-electron chi connectivity index (χ0n) is 55.4. The molecule has 5 atom stereocenters. The van der Waals surface area contributed by atoms with E-state index in [1.165, 1.54) is 0 Å². The second-order valence-corrected chi connectivity index (χ2v) is 24.2. The lowest BCUT2D eigenvalue weighted by Crippen LogP contribution is -2.37. The first-order valence-corrected chi connectivity index (χ1v) is 33.1. The van der Waals surface area contributed by atoms with Crippen molar-refractivity contribution in [2.75, 3.05) is 39.6 Å². The number of unbranched alkanes of at least 4 members (excludes halogenated alkanes) is 9. The molecule has 5 unspecified atom stereocenters. The molecule has 0 radical (unpaired) electrons. The summed E-state index contributed by atoms with van der Waals surface area (Å²) in [5.41, 5.74) is 7.87. The van der Waals surface area contributed by atoms with Crippen LogP contribution in [0.2, 0.25) is 0 Å². The smallest absolute Gasteiger partial charge is 0.310 e. The third-order valence-electron chi connectivity index (χ3n) is 16.0. The lowest BCUT2D eigenvalue weighted by Gasteiger charge is -2.28. The molecule has 0 saturated heterocycles. The molecule has 0 aliphatic carbocycles. The third-order valence-corrected chi connectivity index (χ3v) is 16.0. The molecule has 0 aromatic heterocycles. The number of carbonyl (C=O) groups excluding carboxylic acids is 5. The maximum atomic E-state index is 14.5. The van der Waals surface area contributed by atoms with E-state index in [0.29, 0.717) is 56.1 Å². The number of carbonyl (C=O) groups is 5. The Morgan fingerprint density at radius 3 is 0.904 bits per heavy atom. The van der Waals surface area contributed by atoms with E-state index in [9.17, 15) is 24.0 Å². The molecular formula is C78H91N3O13. The summed E-state index contributed by atoms with van der Waals surface area (Å²) in [5, 5.41) is 0. The Morgan fingerprint density at radius 1 is 0.319 bits per heavy atom. The number of rotatable bonds is 41. The lowest BCUT2D eigenvalue weighted by molar-refractivity contribution is -0.167. The molecule has 0 amide bonds. The predicted molar refractivity (Wildman–Crippen MR) is 364 cm³/mol. The van der Waals surface area contributed by atoms with Crippen molar-refractivity contribution in [1.82, 2.24) is 0 Å². The van der Waals surface area contributed by atoms with Crippen molar-refractivity contribution >= 4 is 46.9 Å². The quantitative estimate of drug-likeness (QED) is 0.0154. The molecule has 0 bridgehead atoms. The van der Waals surface area contributed by atoms with Crippen LogP contribution in [-0.4, -0.2) is 81.7 Å². The summed E-state index contributed by atoms with van der Waals surface area (Å²) in [5.74, 6) is -5.86. The van der Waals surface area contributed by atoms with E-state index < -0.39 is 71.6 Å². The molecule has 496 valence electrons. The molecule has 6 rings (SSSR count). The van der Waals surface area contributed by atoms with Gasteiger partial charge in [0.25, 0.3) is 0 Å². The van der Waals surface area contributed by atoms with Crippen molar-refractivity contribution < 1.29 is 61.9 Å². The molecule has 94 heavy (non-hydrogen) atoms. The van der Waals surface area contributed by atoms with E-state index in [-0.39, 0.29) is 39.1 Å². The van der Waals surface area contributed by atoms with Crippen molar-refractivity contribution in [1.29, 1.82) is 0 Å². The van der Waals surface area contributed by atoms with Crippen molar-refractivity contribution in [3.8, 4) is 50.6 Å². The van der Waals surface area contributed by atoms with Crippen molar-refractivity contribution in [3.05, 3.63) is 180 Å². The Bertz CT molecular complexity index is 3400. The summed E-state index contributed by atoms with van der Waals surface area (Å²) < 4.78 is 47.0. The van der Waals surface area contributed by atoms with Gasteiger partial charge in [-0.15, -0.1) is 0 Å². The SMILES string of the molecule is [C-]#[N+]c1ccc(-c2ccc(OCCCCCCOC(=O)C(C)CC(CC(CC(C(=O)OC(C)C)C(C)C(=O)OC(C)C)C(=O)OCCCCCCOc3ccc(-c4ccc([N+]#[C-])cc4)cc3)C(=O)OCCCCCCOc3ccc(-c4ccc([N+]#[C-])cc4)cc3)cc2)cc1. The molecule has 0 aliphatic heterocycles. The van der Waals surface area contributed by atoms with E-state index >= 15 is 0 Å². The van der Waals surface area contributed by atoms with Crippen LogP contribution in [0.3, 0.4) is 0 Å². The fourth-order valence-corrected chi connectivity index (χ4v) is 10.6. The lowest BCUT2D eigenvalue weighted by atomic mass is 9.79. The minimum Gasteiger partial charge on any atom is -0.494 e. The second-order valence-electron chi connectivity index (χ2n) is 24.2. The number of esters is 5. The highest BCUT2D eigenvalue weighted by Gasteiger charge is 2.40. The Balaban J connectivity index is 1.04. The van der Waals surface area contributed by atoms with Crippen LogP contribution < -0.4 is 14.2 Å². The topological polar surface area (TPSA) is 172 Å². The maximum Gasteiger partial charge on any atom is 0.310 e. The van der Waals surface area contributed by atoms with E-state index in [0.717, 1.165) is 108 Å². The molecule has 0 fully saturated rings. The van der Waals surface area contributed by atoms with Gasteiger partial charge in [0.1, 0.15) is 17.2 Å². The van der Waals surface area contributed by atoms with E-state index in [1.807, 2.05) is 109 Å². The molecule has 0 N–H and O–H groups in total. The van der Waals surface area contributed by atoms with Gasteiger partial charge in [-0.2, -0.15) is 0 Å². The van der Waals surface area contributed by atoms with Gasteiger partial charge in [0.05, 0.1) is 101 Å². The monoisotopic (exact) mass is 1280 g/mol. The first-order chi connectivity index (χ1) is 45.5. The fraction of sp³-hybridized carbons (Fsp3) is 0.436. The number of hydrogen-bond acceptors (Lipinski definition) is 13. The van der Waals surface area contributed by atoms with Crippen molar-refractivity contribution in [2.45, 2.75) is 150 Å². The molecule has 6 aromatic carbocycles. The van der Waals surface area contributed by atoms with Crippen LogP contribution in [0, 0.1) is 49.3 Å². The third kappa shape index (κ3) is 25.9. The standard InChI is InChI=1S/C78H91N3O13/c1-55(2)93-75(83)58(6)73(78(86)94-56(3)4)54-66(77(85)92-51-21-15-12-18-48-89-72-44-32-64(33-45-72)61-26-38-69(81-9)39-27-61)53-65(76(84)91-50-20-14-11-17-47-88-71-42-30-63(31-43-71)60-24-36-68(80-8)37-25-60)52-57(5)74(82)90-49-19-13-10-16-46-87-70-40-28-62(29-41-70)59-22-34-67(79-7)35-23-59/h22-45,55-58,65-66,73H,10-21,46-54H2,1-6H3. The zero-order chi connectivity index (χ0) is 67.5. The molecule has 16 heteroatoms. The summed E-state index contributed by atoms with van der Waals surface area (Å²) in [6, 6.07) is 45.8. The van der Waals surface area contributed by atoms with E-state index in [1.54, 1.807) is 77.9 Å². The Morgan fingerprint density at radius 2 is 0.596 bits per heavy atom.